The van der Waals surface area contributed by atoms with Gasteiger partial charge in [0.15, 0.2) is 0 Å². The summed E-state index contributed by atoms with van der Waals surface area (Å²) in [5.41, 5.74) is 0.377. The van der Waals surface area contributed by atoms with Gasteiger partial charge < -0.3 is 0 Å². The Hall–Kier alpha value is 0.530. The molecule has 0 spiro atoms. The first kappa shape index (κ1) is 13.6. The minimum Gasteiger partial charge on any atom is -0.126 e. The molecule has 84 valence electrons. The van der Waals surface area contributed by atoms with Crippen molar-refractivity contribution in [2.75, 3.05) is 16.4 Å². The molecule has 1 rings (SSSR count). The topological polar surface area (TPSA) is 0 Å². The number of alkyl halides is 2. The summed E-state index contributed by atoms with van der Waals surface area (Å²) in [5.74, 6) is 1.18. The van der Waals surface area contributed by atoms with Crippen molar-refractivity contribution in [1.29, 1.82) is 0 Å². The monoisotopic (exact) mass is 350 g/mol. The minimum absolute atomic E-state index is 0.377. The van der Waals surface area contributed by atoms with Crippen molar-refractivity contribution in [3.05, 3.63) is 30.3 Å². The Kier molecular flexibility index (Phi) is 6.32. The van der Waals surface area contributed by atoms with E-state index in [1.54, 1.807) is 0 Å². The maximum Gasteiger partial charge on any atom is 0.00936 e. The number of rotatable bonds is 6. The van der Waals surface area contributed by atoms with Crippen LogP contribution in [0.25, 0.3) is 0 Å². The van der Waals surface area contributed by atoms with E-state index >= 15 is 0 Å². The fourth-order valence-electron chi connectivity index (χ4n) is 1.10. The van der Waals surface area contributed by atoms with Gasteiger partial charge in [0.05, 0.1) is 0 Å². The van der Waals surface area contributed by atoms with Gasteiger partial charge in [-0.3, -0.25) is 0 Å². The van der Waals surface area contributed by atoms with Gasteiger partial charge in [-0.1, -0.05) is 57.0 Å². The molecule has 0 aromatic heterocycles. The lowest BCUT2D eigenvalue weighted by Crippen LogP contribution is -2.20. The zero-order chi connectivity index (χ0) is 11.1. The van der Waals surface area contributed by atoms with Gasteiger partial charge in [0, 0.05) is 15.6 Å². The van der Waals surface area contributed by atoms with Crippen molar-refractivity contribution in [3.63, 3.8) is 0 Å². The Bertz CT molecular complexity index is 270. The van der Waals surface area contributed by atoms with Crippen LogP contribution < -0.4 is 0 Å². The van der Waals surface area contributed by atoms with Crippen molar-refractivity contribution in [2.24, 2.45) is 5.41 Å². The van der Waals surface area contributed by atoms with Crippen LogP contribution in [-0.2, 0) is 0 Å². The van der Waals surface area contributed by atoms with Crippen molar-refractivity contribution in [1.82, 2.24) is 0 Å². The summed E-state index contributed by atoms with van der Waals surface area (Å²) in [4.78, 5) is 1.36. The van der Waals surface area contributed by atoms with Gasteiger partial charge in [-0.05, 0) is 29.7 Å². The molecular weight excluding hydrogens is 336 g/mol. The summed E-state index contributed by atoms with van der Waals surface area (Å²) >= 11 is 9.10. The Morgan fingerprint density at radius 2 is 1.73 bits per heavy atom. The highest BCUT2D eigenvalue weighted by molar-refractivity contribution is 9.09. The lowest BCUT2D eigenvalue weighted by Gasteiger charge is -2.24. The van der Waals surface area contributed by atoms with E-state index in [1.165, 1.54) is 17.1 Å². The molecule has 0 nitrogen and oxygen atoms in total. The van der Waals surface area contributed by atoms with Gasteiger partial charge in [-0.25, -0.2) is 0 Å². The lowest BCUT2D eigenvalue weighted by molar-refractivity contribution is 0.428. The van der Waals surface area contributed by atoms with Crippen LogP contribution in [0.4, 0.5) is 0 Å². The molecule has 0 fully saturated rings. The number of hydrogen-bond acceptors (Lipinski definition) is 1. The smallest absolute Gasteiger partial charge is 0.00936 e. The predicted molar refractivity (Wildman–Crippen MR) is 77.5 cm³/mol. The zero-order valence-electron chi connectivity index (χ0n) is 8.88. The van der Waals surface area contributed by atoms with Crippen molar-refractivity contribution < 1.29 is 0 Å². The SMILES string of the molecule is CC(CBr)(CBr)CCSc1ccccc1. The highest BCUT2D eigenvalue weighted by Crippen LogP contribution is 2.30. The average molecular weight is 352 g/mol. The van der Waals surface area contributed by atoms with Crippen LogP contribution >= 0.6 is 43.6 Å². The molecule has 0 radical (unpaired) electrons. The van der Waals surface area contributed by atoms with Crippen LogP contribution in [0, 0.1) is 5.41 Å². The van der Waals surface area contributed by atoms with E-state index in [-0.39, 0.29) is 0 Å². The largest absolute Gasteiger partial charge is 0.126 e. The molecule has 0 saturated heterocycles. The summed E-state index contributed by atoms with van der Waals surface area (Å²) in [6.45, 7) is 2.31. The van der Waals surface area contributed by atoms with Crippen LogP contribution in [0.1, 0.15) is 13.3 Å². The first-order chi connectivity index (χ1) is 7.20. The van der Waals surface area contributed by atoms with E-state index in [0.29, 0.717) is 5.41 Å². The second-order valence-electron chi connectivity index (χ2n) is 3.99. The molecule has 0 N–H and O–H groups in total. The second-order valence-corrected chi connectivity index (χ2v) is 6.28. The van der Waals surface area contributed by atoms with Crippen molar-refractivity contribution in [2.45, 2.75) is 18.2 Å². The minimum atomic E-state index is 0.377. The molecule has 0 heterocycles. The Balaban J connectivity index is 2.33. The highest BCUT2D eigenvalue weighted by atomic mass is 79.9. The molecule has 0 aliphatic heterocycles. The van der Waals surface area contributed by atoms with E-state index in [9.17, 15) is 0 Å². The molecule has 0 atom stereocenters. The molecular formula is C12H16Br2S. The molecule has 0 aliphatic rings. The van der Waals surface area contributed by atoms with E-state index < -0.39 is 0 Å². The number of hydrogen-bond donors (Lipinski definition) is 0. The standard InChI is InChI=1S/C12H16Br2S/c1-12(9-13,10-14)7-8-15-11-5-3-2-4-6-11/h2-6H,7-10H2,1H3. The van der Waals surface area contributed by atoms with E-state index in [4.69, 9.17) is 0 Å². The Labute approximate surface area is 113 Å². The summed E-state index contributed by atoms with van der Waals surface area (Å²) in [5, 5.41) is 2.11. The van der Waals surface area contributed by atoms with Crippen LogP contribution in [0.15, 0.2) is 35.2 Å². The summed E-state index contributed by atoms with van der Waals surface area (Å²) < 4.78 is 0. The molecule has 3 heteroatoms. The predicted octanol–water partition coefficient (Wildman–Crippen LogP) is 4.96. The Morgan fingerprint density at radius 3 is 2.27 bits per heavy atom. The maximum absolute atomic E-state index is 3.58. The maximum atomic E-state index is 3.58. The number of thioether (sulfide) groups is 1. The highest BCUT2D eigenvalue weighted by Gasteiger charge is 2.20. The fourth-order valence-corrected chi connectivity index (χ4v) is 3.77. The quantitative estimate of drug-likeness (QED) is 0.515. The first-order valence-corrected chi connectivity index (χ1v) is 8.23. The first-order valence-electron chi connectivity index (χ1n) is 5.00. The molecule has 0 aliphatic carbocycles. The molecule has 1 aromatic carbocycles. The van der Waals surface area contributed by atoms with Crippen molar-refractivity contribution >= 4 is 43.6 Å². The normalized spacial score (nSPS) is 11.7. The van der Waals surface area contributed by atoms with Crippen molar-refractivity contribution in [3.8, 4) is 0 Å². The van der Waals surface area contributed by atoms with Gasteiger partial charge in [-0.15, -0.1) is 11.8 Å². The molecule has 0 amide bonds. The average Bonchev–Trinajstić information content (AvgIpc) is 2.30. The van der Waals surface area contributed by atoms with Crippen LogP contribution in [0.2, 0.25) is 0 Å². The lowest BCUT2D eigenvalue weighted by atomic mass is 9.93. The third-order valence-corrected chi connectivity index (χ3v) is 6.08. The third kappa shape index (κ3) is 4.92. The number of halogens is 2. The fraction of sp³-hybridized carbons (Fsp3) is 0.500. The van der Waals surface area contributed by atoms with Crippen LogP contribution in [-0.4, -0.2) is 16.4 Å². The van der Waals surface area contributed by atoms with E-state index in [2.05, 4.69) is 69.1 Å². The molecule has 0 unspecified atom stereocenters. The molecule has 1 aromatic rings. The Morgan fingerprint density at radius 1 is 1.13 bits per heavy atom. The molecule has 0 saturated carbocycles. The zero-order valence-corrected chi connectivity index (χ0v) is 12.9. The summed E-state index contributed by atoms with van der Waals surface area (Å²) in [7, 11) is 0. The number of benzene rings is 1. The second kappa shape index (κ2) is 6.97. The molecule has 15 heavy (non-hydrogen) atoms. The van der Waals surface area contributed by atoms with Gasteiger partial charge >= 0.3 is 0 Å². The third-order valence-electron chi connectivity index (χ3n) is 2.36. The summed E-state index contributed by atoms with van der Waals surface area (Å²) in [6, 6.07) is 10.6. The van der Waals surface area contributed by atoms with E-state index in [1.807, 2.05) is 11.8 Å². The van der Waals surface area contributed by atoms with Crippen LogP contribution in [0.3, 0.4) is 0 Å². The van der Waals surface area contributed by atoms with Gasteiger partial charge in [0.1, 0.15) is 0 Å². The van der Waals surface area contributed by atoms with E-state index in [0.717, 1.165) is 10.7 Å². The molecule has 0 bridgehead atoms. The summed E-state index contributed by atoms with van der Waals surface area (Å²) in [6.07, 6.45) is 1.23. The van der Waals surface area contributed by atoms with Gasteiger partial charge in [0.2, 0.25) is 0 Å². The van der Waals surface area contributed by atoms with Gasteiger partial charge in [-0.2, -0.15) is 0 Å². The van der Waals surface area contributed by atoms with Gasteiger partial charge in [0.25, 0.3) is 0 Å². The van der Waals surface area contributed by atoms with Crippen LogP contribution in [0.5, 0.6) is 0 Å².